The molecule has 0 aromatic carbocycles. The van der Waals surface area contributed by atoms with Crippen LogP contribution in [0.4, 0.5) is 4.39 Å². The molecule has 0 saturated heterocycles. The van der Waals surface area contributed by atoms with Crippen LogP contribution in [0.3, 0.4) is 0 Å². The average Bonchev–Trinajstić information content (AvgIpc) is 3.37. The van der Waals surface area contributed by atoms with Gasteiger partial charge in [0.25, 0.3) is 0 Å². The first kappa shape index (κ1) is 23.0. The molecule has 4 aliphatic rings. The van der Waals surface area contributed by atoms with Gasteiger partial charge in [-0.25, -0.2) is 14.0 Å². The molecule has 0 amide bonds. The fraction of sp³-hybridized carbons (Fsp3) is 0.577. The van der Waals surface area contributed by atoms with Crippen LogP contribution < -0.4 is 0 Å². The second-order valence-electron chi connectivity index (χ2n) is 10.8. The van der Waals surface area contributed by atoms with E-state index < -0.39 is 57.9 Å². The van der Waals surface area contributed by atoms with Crippen LogP contribution in [0, 0.1) is 28.6 Å². The summed E-state index contributed by atoms with van der Waals surface area (Å²) in [4.78, 5) is 37.7. The van der Waals surface area contributed by atoms with Crippen molar-refractivity contribution in [3.8, 4) is 0 Å². The van der Waals surface area contributed by atoms with E-state index in [1.54, 1.807) is 26.8 Å². The van der Waals surface area contributed by atoms with Crippen molar-refractivity contribution in [3.05, 3.63) is 48.0 Å². The second-order valence-corrected chi connectivity index (χ2v) is 10.8. The molecule has 8 heteroatoms. The van der Waals surface area contributed by atoms with Gasteiger partial charge in [-0.15, -0.1) is 0 Å². The average molecular weight is 473 g/mol. The Morgan fingerprint density at radius 2 is 2.00 bits per heavy atom. The first-order valence-electron chi connectivity index (χ1n) is 11.7. The summed E-state index contributed by atoms with van der Waals surface area (Å²) in [7, 11) is 0. The summed E-state index contributed by atoms with van der Waals surface area (Å²) >= 11 is 0. The fourth-order valence-electron chi connectivity index (χ4n) is 7.84. The highest BCUT2D eigenvalue weighted by molar-refractivity contribution is 6.01. The topological polar surface area (TPSA) is 114 Å². The zero-order chi connectivity index (χ0) is 24.7. The predicted molar refractivity (Wildman–Crippen MR) is 117 cm³/mol. The summed E-state index contributed by atoms with van der Waals surface area (Å²) in [5.74, 6) is -4.28. The van der Waals surface area contributed by atoms with Gasteiger partial charge in [-0.1, -0.05) is 25.5 Å². The minimum atomic E-state index is -2.09. The minimum absolute atomic E-state index is 0.118. The van der Waals surface area contributed by atoms with Crippen LogP contribution in [0.25, 0.3) is 0 Å². The molecular weight excluding hydrogens is 443 g/mol. The molecule has 182 valence electrons. The number of carbonyl (C=O) groups excluding carboxylic acids is 2. The Kier molecular flexibility index (Phi) is 4.83. The third-order valence-corrected chi connectivity index (χ3v) is 9.47. The van der Waals surface area contributed by atoms with Gasteiger partial charge >= 0.3 is 11.9 Å². The van der Waals surface area contributed by atoms with Gasteiger partial charge in [0.15, 0.2) is 11.5 Å². The number of esters is 1. The van der Waals surface area contributed by atoms with Crippen LogP contribution in [0.2, 0.25) is 0 Å². The van der Waals surface area contributed by atoms with Gasteiger partial charge in [0.1, 0.15) is 0 Å². The van der Waals surface area contributed by atoms with E-state index in [1.807, 2.05) is 0 Å². The minimum Gasteiger partial charge on any atom is -0.478 e. The van der Waals surface area contributed by atoms with Crippen molar-refractivity contribution in [1.29, 1.82) is 0 Å². The Bertz CT molecular complexity index is 1120. The number of carboxylic acid groups (broad SMARTS) is 1. The zero-order valence-electron chi connectivity index (χ0n) is 19.4. The number of aliphatic carboxylic acids is 1. The lowest BCUT2D eigenvalue weighted by molar-refractivity contribution is -0.225. The number of carboxylic acids is 1. The molecule has 0 radical (unpaired) electrons. The highest BCUT2D eigenvalue weighted by Crippen LogP contribution is 2.71. The number of halogens is 1. The third kappa shape index (κ3) is 2.58. The SMILES string of the molecule is CC1CC2C3CCC4=CC(=O)C=CC4(C)C3(F)C(O)CC2(C)C1(OC(=O)c1ccco1)C(=O)O. The van der Waals surface area contributed by atoms with E-state index in [0.29, 0.717) is 24.8 Å². The van der Waals surface area contributed by atoms with E-state index in [2.05, 4.69) is 0 Å². The molecule has 1 aromatic heterocycles. The molecular formula is C26H29FO7. The van der Waals surface area contributed by atoms with Crippen molar-refractivity contribution in [3.63, 3.8) is 0 Å². The molecule has 8 atom stereocenters. The molecule has 3 fully saturated rings. The highest BCUT2D eigenvalue weighted by atomic mass is 19.1. The Balaban J connectivity index is 1.60. The smallest absolute Gasteiger partial charge is 0.375 e. The van der Waals surface area contributed by atoms with Crippen LogP contribution in [0.5, 0.6) is 0 Å². The molecule has 1 heterocycles. The maximum Gasteiger partial charge on any atom is 0.375 e. The monoisotopic (exact) mass is 472 g/mol. The summed E-state index contributed by atoms with van der Waals surface area (Å²) in [5, 5.41) is 21.8. The van der Waals surface area contributed by atoms with Crippen molar-refractivity contribution in [1.82, 2.24) is 0 Å². The van der Waals surface area contributed by atoms with E-state index in [-0.39, 0.29) is 18.0 Å². The lowest BCUT2D eigenvalue weighted by Crippen LogP contribution is -2.69. The molecule has 8 unspecified atom stereocenters. The van der Waals surface area contributed by atoms with E-state index >= 15 is 4.39 Å². The van der Waals surface area contributed by atoms with Crippen molar-refractivity contribution >= 4 is 17.7 Å². The van der Waals surface area contributed by atoms with Gasteiger partial charge in [0.05, 0.1) is 12.4 Å². The molecule has 3 saturated carbocycles. The molecule has 0 spiro atoms. The van der Waals surface area contributed by atoms with Crippen molar-refractivity contribution < 1.29 is 38.1 Å². The second kappa shape index (κ2) is 7.13. The van der Waals surface area contributed by atoms with E-state index in [9.17, 15) is 24.6 Å². The predicted octanol–water partition coefficient (Wildman–Crippen LogP) is 3.88. The van der Waals surface area contributed by atoms with Gasteiger partial charge in [-0.3, -0.25) is 4.79 Å². The number of fused-ring (bicyclic) bond motifs is 5. The number of ketones is 1. The van der Waals surface area contributed by atoms with E-state index in [4.69, 9.17) is 9.15 Å². The summed E-state index contributed by atoms with van der Waals surface area (Å²) in [6.45, 7) is 5.11. The Labute approximate surface area is 196 Å². The first-order valence-corrected chi connectivity index (χ1v) is 11.7. The Morgan fingerprint density at radius 3 is 2.65 bits per heavy atom. The third-order valence-electron chi connectivity index (χ3n) is 9.47. The van der Waals surface area contributed by atoms with Gasteiger partial charge in [-0.05, 0) is 62.8 Å². The lowest BCUT2D eigenvalue weighted by atomic mass is 9.44. The van der Waals surface area contributed by atoms with E-state index in [1.165, 1.54) is 30.5 Å². The zero-order valence-corrected chi connectivity index (χ0v) is 19.4. The number of rotatable bonds is 3. The number of alkyl halides is 1. The molecule has 4 aliphatic carbocycles. The normalized spacial score (nSPS) is 45.1. The van der Waals surface area contributed by atoms with Crippen LogP contribution in [-0.4, -0.2) is 45.3 Å². The quantitative estimate of drug-likeness (QED) is 0.642. The Morgan fingerprint density at radius 1 is 1.26 bits per heavy atom. The van der Waals surface area contributed by atoms with Gasteiger partial charge in [0.2, 0.25) is 11.4 Å². The van der Waals surface area contributed by atoms with Crippen LogP contribution in [-0.2, 0) is 14.3 Å². The van der Waals surface area contributed by atoms with Gasteiger partial charge in [0, 0.05) is 22.7 Å². The molecule has 5 rings (SSSR count). The van der Waals surface area contributed by atoms with Gasteiger partial charge < -0.3 is 19.4 Å². The van der Waals surface area contributed by atoms with Gasteiger partial charge in [-0.2, -0.15) is 0 Å². The van der Waals surface area contributed by atoms with Crippen molar-refractivity contribution in [2.75, 3.05) is 0 Å². The van der Waals surface area contributed by atoms with Crippen LogP contribution >= 0.6 is 0 Å². The fourth-order valence-corrected chi connectivity index (χ4v) is 7.84. The highest BCUT2D eigenvalue weighted by Gasteiger charge is 2.77. The van der Waals surface area contributed by atoms with Crippen LogP contribution in [0.1, 0.15) is 57.0 Å². The molecule has 0 aliphatic heterocycles. The Hall–Kier alpha value is -2.74. The maximum absolute atomic E-state index is 17.2. The number of furan rings is 1. The van der Waals surface area contributed by atoms with E-state index in [0.717, 1.165) is 0 Å². The standard InChI is InChI=1S/C26H29FO7/c1-14-11-18-17-7-6-15-12-16(28)8-9-23(15,2)25(17,27)20(29)13-24(18,3)26(14,22(31)32)34-21(30)19-5-4-10-33-19/h4-5,8-10,12,14,17-18,20,29H,6-7,11,13H2,1-3H3,(H,31,32). The number of ether oxygens (including phenoxy) is 1. The number of hydrogen-bond donors (Lipinski definition) is 2. The summed E-state index contributed by atoms with van der Waals surface area (Å²) in [6, 6.07) is 2.90. The lowest BCUT2D eigenvalue weighted by Gasteiger charge is -2.62. The molecule has 2 N–H and O–H groups in total. The number of allylic oxidation sites excluding steroid dienone is 4. The van der Waals surface area contributed by atoms with Crippen LogP contribution in [0.15, 0.2) is 46.6 Å². The molecule has 0 bridgehead atoms. The summed E-state index contributed by atoms with van der Waals surface area (Å²) in [5.41, 5.74) is -5.78. The number of aliphatic hydroxyl groups excluding tert-OH is 1. The summed E-state index contributed by atoms with van der Waals surface area (Å²) < 4.78 is 28.1. The number of carbonyl (C=O) groups is 3. The maximum atomic E-state index is 17.2. The first-order chi connectivity index (χ1) is 15.9. The molecule has 34 heavy (non-hydrogen) atoms. The summed E-state index contributed by atoms with van der Waals surface area (Å²) in [6.07, 6.45) is 5.12. The number of hydrogen-bond acceptors (Lipinski definition) is 6. The molecule has 7 nitrogen and oxygen atoms in total. The van der Waals surface area contributed by atoms with Crippen molar-refractivity contribution in [2.45, 2.75) is 63.8 Å². The largest absolute Gasteiger partial charge is 0.478 e. The molecule has 1 aromatic rings. The van der Waals surface area contributed by atoms with Crippen molar-refractivity contribution in [2.24, 2.45) is 28.6 Å². The number of aliphatic hydroxyl groups is 1.